The smallest absolute Gasteiger partial charge is 0.265 e. The molecule has 7 heteroatoms. The fourth-order valence-electron chi connectivity index (χ4n) is 2.28. The van der Waals surface area contributed by atoms with Crippen molar-refractivity contribution in [3.8, 4) is 11.5 Å². The number of anilines is 1. The number of phenolic OH excluding ortho intramolecular Hbond substituents is 1. The first-order chi connectivity index (χ1) is 11.6. The number of benzene rings is 2. The van der Waals surface area contributed by atoms with Crippen LogP contribution >= 0.6 is 0 Å². The Morgan fingerprint density at radius 3 is 2.83 bits per heavy atom. The molecule has 2 aromatic carbocycles. The van der Waals surface area contributed by atoms with Gasteiger partial charge in [-0.2, -0.15) is 5.10 Å². The molecule has 3 rings (SSSR count). The Morgan fingerprint density at radius 1 is 1.25 bits per heavy atom. The molecule has 0 aromatic heterocycles. The molecule has 2 aromatic rings. The monoisotopic (exact) mass is 325 g/mol. The van der Waals surface area contributed by atoms with Crippen LogP contribution in [0.1, 0.15) is 5.56 Å². The number of ether oxygens (including phenoxy) is 1. The molecule has 0 saturated heterocycles. The number of nitrogens with zero attached hydrogens (tertiary/aromatic N) is 2. The van der Waals surface area contributed by atoms with Gasteiger partial charge in [-0.15, -0.1) is 0 Å². The average molecular weight is 325 g/mol. The lowest BCUT2D eigenvalue weighted by atomic mass is 10.2. The second kappa shape index (κ2) is 6.82. The van der Waals surface area contributed by atoms with E-state index in [-0.39, 0.29) is 24.8 Å². The molecule has 1 aliphatic rings. The van der Waals surface area contributed by atoms with Crippen molar-refractivity contribution in [3.05, 3.63) is 54.1 Å². The molecule has 122 valence electrons. The minimum atomic E-state index is -0.452. The van der Waals surface area contributed by atoms with Crippen molar-refractivity contribution in [2.24, 2.45) is 5.10 Å². The molecular formula is C17H15N3O4. The van der Waals surface area contributed by atoms with Gasteiger partial charge in [-0.05, 0) is 24.3 Å². The van der Waals surface area contributed by atoms with Gasteiger partial charge in [0.15, 0.2) is 6.61 Å². The van der Waals surface area contributed by atoms with Crippen molar-refractivity contribution in [3.63, 3.8) is 0 Å². The number of amides is 2. The summed E-state index contributed by atoms with van der Waals surface area (Å²) in [5.41, 5.74) is 3.37. The molecule has 0 fully saturated rings. The van der Waals surface area contributed by atoms with Crippen LogP contribution in [0.4, 0.5) is 5.69 Å². The number of para-hydroxylation sites is 3. The number of aromatic hydroxyl groups is 1. The summed E-state index contributed by atoms with van der Waals surface area (Å²) in [6.07, 6.45) is 1.34. The van der Waals surface area contributed by atoms with E-state index in [2.05, 4.69) is 10.5 Å². The van der Waals surface area contributed by atoms with Gasteiger partial charge in [0.2, 0.25) is 0 Å². The summed E-state index contributed by atoms with van der Waals surface area (Å²) >= 11 is 0. The van der Waals surface area contributed by atoms with Crippen LogP contribution in [0.2, 0.25) is 0 Å². The zero-order chi connectivity index (χ0) is 16.9. The average Bonchev–Trinajstić information content (AvgIpc) is 2.59. The van der Waals surface area contributed by atoms with Crippen LogP contribution in [0.15, 0.2) is 53.6 Å². The summed E-state index contributed by atoms with van der Waals surface area (Å²) < 4.78 is 5.32. The molecule has 0 atom stereocenters. The molecule has 0 bridgehead atoms. The Bertz CT molecular complexity index is 804. The molecule has 0 spiro atoms. The van der Waals surface area contributed by atoms with Crippen molar-refractivity contribution in [1.82, 2.24) is 5.43 Å². The van der Waals surface area contributed by atoms with E-state index in [1.807, 2.05) is 0 Å². The standard InChI is InChI=1S/C17H15N3O4/c21-14-7-3-1-5-12(14)9-18-19-16(22)10-20-13-6-2-4-8-15(13)24-11-17(20)23/h1-9,21H,10-11H2,(H,19,22)/b18-9+. The van der Waals surface area contributed by atoms with Gasteiger partial charge < -0.3 is 9.84 Å². The van der Waals surface area contributed by atoms with Crippen molar-refractivity contribution in [2.45, 2.75) is 0 Å². The van der Waals surface area contributed by atoms with Crippen LogP contribution in [0.5, 0.6) is 11.5 Å². The SMILES string of the molecule is O=C(CN1C(=O)COc2ccccc21)N/N=C/c1ccccc1O. The molecule has 0 saturated carbocycles. The van der Waals surface area contributed by atoms with Gasteiger partial charge in [-0.25, -0.2) is 5.43 Å². The molecule has 1 heterocycles. The summed E-state index contributed by atoms with van der Waals surface area (Å²) in [4.78, 5) is 25.4. The van der Waals surface area contributed by atoms with E-state index in [0.29, 0.717) is 17.0 Å². The molecule has 2 amide bonds. The van der Waals surface area contributed by atoms with Gasteiger partial charge in [-0.3, -0.25) is 14.5 Å². The fourth-order valence-corrected chi connectivity index (χ4v) is 2.28. The van der Waals surface area contributed by atoms with E-state index in [0.717, 1.165) is 0 Å². The third-order valence-corrected chi connectivity index (χ3v) is 3.44. The molecule has 24 heavy (non-hydrogen) atoms. The Kier molecular flexibility index (Phi) is 4.42. The molecule has 0 aliphatic carbocycles. The summed E-state index contributed by atoms with van der Waals surface area (Å²) in [5.74, 6) is -0.129. The van der Waals surface area contributed by atoms with Crippen LogP contribution in [0.3, 0.4) is 0 Å². The summed E-state index contributed by atoms with van der Waals surface area (Å²) in [7, 11) is 0. The summed E-state index contributed by atoms with van der Waals surface area (Å²) in [6, 6.07) is 13.6. The first-order valence-electron chi connectivity index (χ1n) is 7.27. The normalized spacial score (nSPS) is 13.5. The van der Waals surface area contributed by atoms with Crippen molar-refractivity contribution in [2.75, 3.05) is 18.1 Å². The second-order valence-electron chi connectivity index (χ2n) is 5.09. The quantitative estimate of drug-likeness (QED) is 0.654. The van der Waals surface area contributed by atoms with E-state index in [1.165, 1.54) is 17.2 Å². The zero-order valence-corrected chi connectivity index (χ0v) is 12.7. The number of phenols is 1. The molecular weight excluding hydrogens is 310 g/mol. The molecule has 1 aliphatic heterocycles. The van der Waals surface area contributed by atoms with Gasteiger partial charge >= 0.3 is 0 Å². The van der Waals surface area contributed by atoms with Crippen molar-refractivity contribution < 1.29 is 19.4 Å². The number of hydrogen-bond acceptors (Lipinski definition) is 5. The molecule has 2 N–H and O–H groups in total. The third-order valence-electron chi connectivity index (χ3n) is 3.44. The number of hydrazone groups is 1. The number of nitrogens with one attached hydrogen (secondary N) is 1. The Balaban J connectivity index is 1.65. The highest BCUT2D eigenvalue weighted by Gasteiger charge is 2.26. The number of carbonyl (C=O) groups excluding carboxylic acids is 2. The highest BCUT2D eigenvalue weighted by Crippen LogP contribution is 2.31. The fraction of sp³-hybridized carbons (Fsp3) is 0.118. The topological polar surface area (TPSA) is 91.2 Å². The molecule has 0 unspecified atom stereocenters. The van der Waals surface area contributed by atoms with Crippen molar-refractivity contribution >= 4 is 23.7 Å². The van der Waals surface area contributed by atoms with E-state index in [9.17, 15) is 14.7 Å². The van der Waals surface area contributed by atoms with Crippen LogP contribution in [0.25, 0.3) is 0 Å². The van der Waals surface area contributed by atoms with Crippen LogP contribution in [-0.2, 0) is 9.59 Å². The summed E-state index contributed by atoms with van der Waals surface area (Å²) in [5, 5.41) is 13.4. The largest absolute Gasteiger partial charge is 0.507 e. The Hall–Kier alpha value is -3.35. The highest BCUT2D eigenvalue weighted by atomic mass is 16.5. The number of carbonyl (C=O) groups is 2. The van der Waals surface area contributed by atoms with E-state index >= 15 is 0 Å². The zero-order valence-electron chi connectivity index (χ0n) is 12.7. The van der Waals surface area contributed by atoms with Crippen LogP contribution in [0, 0.1) is 0 Å². The predicted molar refractivity (Wildman–Crippen MR) is 88.1 cm³/mol. The number of hydrogen-bond donors (Lipinski definition) is 2. The van der Waals surface area contributed by atoms with Gasteiger partial charge in [0.25, 0.3) is 11.8 Å². The Labute approximate surface area is 138 Å². The van der Waals surface area contributed by atoms with Gasteiger partial charge in [-0.1, -0.05) is 24.3 Å². The number of rotatable bonds is 4. The highest BCUT2D eigenvalue weighted by molar-refractivity contribution is 6.02. The van der Waals surface area contributed by atoms with Gasteiger partial charge in [0.05, 0.1) is 11.9 Å². The maximum atomic E-state index is 12.0. The minimum absolute atomic E-state index is 0.0628. The predicted octanol–water partition coefficient (Wildman–Crippen LogP) is 1.27. The van der Waals surface area contributed by atoms with Crippen LogP contribution < -0.4 is 15.1 Å². The lowest BCUT2D eigenvalue weighted by Crippen LogP contribution is -2.44. The molecule has 0 radical (unpaired) electrons. The number of fused-ring (bicyclic) bond motifs is 1. The summed E-state index contributed by atoms with van der Waals surface area (Å²) in [6.45, 7) is -0.275. The maximum absolute atomic E-state index is 12.0. The lowest BCUT2D eigenvalue weighted by Gasteiger charge is -2.28. The first kappa shape index (κ1) is 15.5. The van der Waals surface area contributed by atoms with E-state index in [1.54, 1.807) is 42.5 Å². The third kappa shape index (κ3) is 3.35. The maximum Gasteiger partial charge on any atom is 0.265 e. The first-order valence-corrected chi connectivity index (χ1v) is 7.27. The van der Waals surface area contributed by atoms with Crippen molar-refractivity contribution in [1.29, 1.82) is 0 Å². The van der Waals surface area contributed by atoms with E-state index < -0.39 is 5.91 Å². The van der Waals surface area contributed by atoms with Gasteiger partial charge in [0.1, 0.15) is 18.0 Å². The lowest BCUT2D eigenvalue weighted by molar-refractivity contribution is -0.125. The van der Waals surface area contributed by atoms with E-state index in [4.69, 9.17) is 4.74 Å². The minimum Gasteiger partial charge on any atom is -0.507 e. The molecule has 7 nitrogen and oxygen atoms in total. The Morgan fingerprint density at radius 2 is 2.00 bits per heavy atom. The van der Waals surface area contributed by atoms with Gasteiger partial charge in [0, 0.05) is 5.56 Å². The van der Waals surface area contributed by atoms with Crippen LogP contribution in [-0.4, -0.2) is 36.3 Å². The second-order valence-corrected chi connectivity index (χ2v) is 5.09.